The van der Waals surface area contributed by atoms with Gasteiger partial charge in [0.2, 0.25) is 17.7 Å². The molecule has 0 radical (unpaired) electrons. The maximum atomic E-state index is 13.0. The van der Waals surface area contributed by atoms with Gasteiger partial charge in [0.15, 0.2) is 0 Å². The smallest absolute Gasteiger partial charge is 0.255 e. The predicted molar refractivity (Wildman–Crippen MR) is 178 cm³/mol. The van der Waals surface area contributed by atoms with Gasteiger partial charge in [0.25, 0.3) is 5.91 Å². The minimum atomic E-state index is -0.611. The van der Waals surface area contributed by atoms with Crippen molar-refractivity contribution in [2.45, 2.75) is 44.7 Å². The molecule has 0 aliphatic carbocycles. The number of piperazine rings is 1. The van der Waals surface area contributed by atoms with Crippen LogP contribution in [-0.4, -0.2) is 119 Å². The highest BCUT2D eigenvalue weighted by atomic mass is 16.6. The highest BCUT2D eigenvalue weighted by Crippen LogP contribution is 2.30. The molecule has 2 fully saturated rings. The summed E-state index contributed by atoms with van der Waals surface area (Å²) < 4.78 is 22.4. The maximum Gasteiger partial charge on any atom is 0.255 e. The number of nitrogens with one attached hydrogen (secondary N) is 1. The first-order valence-electron chi connectivity index (χ1n) is 16.9. The molecule has 3 aliphatic rings. The molecule has 48 heavy (non-hydrogen) atoms. The van der Waals surface area contributed by atoms with E-state index in [0.29, 0.717) is 90.9 Å². The van der Waals surface area contributed by atoms with Gasteiger partial charge in [-0.3, -0.25) is 24.5 Å². The number of piperidine rings is 1. The Labute approximate surface area is 281 Å². The number of hydrogen-bond donors (Lipinski definition) is 2. The molecule has 2 aromatic carbocycles. The highest BCUT2D eigenvalue weighted by molar-refractivity contribution is 6.05. The van der Waals surface area contributed by atoms with Crippen molar-refractivity contribution in [1.82, 2.24) is 15.1 Å². The molecule has 1 atom stereocenters. The molecule has 0 bridgehead atoms. The lowest BCUT2D eigenvalue weighted by Crippen LogP contribution is -2.52. The summed E-state index contributed by atoms with van der Waals surface area (Å²) in [6.07, 6.45) is 2.50. The van der Waals surface area contributed by atoms with Crippen LogP contribution in [0.2, 0.25) is 0 Å². The summed E-state index contributed by atoms with van der Waals surface area (Å²) in [5.74, 6) is -0.736. The van der Waals surface area contributed by atoms with Crippen LogP contribution in [-0.2, 0) is 46.3 Å². The number of nitrogens with two attached hydrogens (primary N) is 1. The van der Waals surface area contributed by atoms with Crippen molar-refractivity contribution >= 4 is 35.0 Å². The summed E-state index contributed by atoms with van der Waals surface area (Å²) in [5, 5.41) is 2.34. The van der Waals surface area contributed by atoms with Crippen molar-refractivity contribution in [3.8, 4) is 0 Å². The van der Waals surface area contributed by atoms with Crippen LogP contribution >= 0.6 is 0 Å². The van der Waals surface area contributed by atoms with E-state index in [1.54, 1.807) is 11.0 Å². The fourth-order valence-corrected chi connectivity index (χ4v) is 6.23. The number of rotatable bonds is 18. The van der Waals surface area contributed by atoms with Crippen molar-refractivity contribution in [3.63, 3.8) is 0 Å². The Hall–Kier alpha value is -4.04. The number of benzene rings is 2. The molecule has 3 heterocycles. The Balaban J connectivity index is 0.830. The van der Waals surface area contributed by atoms with E-state index in [1.165, 1.54) is 0 Å². The number of anilines is 2. The van der Waals surface area contributed by atoms with E-state index in [1.807, 2.05) is 41.3 Å². The number of nitrogens with zero attached hydrogens (tertiary/aromatic N) is 3. The van der Waals surface area contributed by atoms with Gasteiger partial charge in [0.05, 0.1) is 52.7 Å². The second-order valence-electron chi connectivity index (χ2n) is 12.1. The number of imide groups is 1. The fraction of sp³-hybridized carbons (Fsp3) is 0.543. The first-order chi connectivity index (χ1) is 23.4. The van der Waals surface area contributed by atoms with Crippen molar-refractivity contribution in [1.29, 1.82) is 0 Å². The third-order valence-corrected chi connectivity index (χ3v) is 8.88. The van der Waals surface area contributed by atoms with Gasteiger partial charge in [-0.1, -0.05) is 12.1 Å². The Morgan fingerprint density at radius 3 is 2.12 bits per heavy atom. The van der Waals surface area contributed by atoms with Crippen LogP contribution < -0.4 is 16.0 Å². The zero-order chi connectivity index (χ0) is 33.7. The minimum absolute atomic E-state index is 0.113. The second kappa shape index (κ2) is 17.9. The van der Waals surface area contributed by atoms with Gasteiger partial charge in [-0.2, -0.15) is 0 Å². The quantitative estimate of drug-likeness (QED) is 0.137. The van der Waals surface area contributed by atoms with Crippen LogP contribution in [0, 0.1) is 0 Å². The summed E-state index contributed by atoms with van der Waals surface area (Å²) in [6.45, 7) is 7.03. The molecule has 1 unspecified atom stereocenters. The van der Waals surface area contributed by atoms with Gasteiger partial charge >= 0.3 is 0 Å². The van der Waals surface area contributed by atoms with Crippen molar-refractivity contribution in [3.05, 3.63) is 59.2 Å². The molecule has 0 saturated carbocycles. The van der Waals surface area contributed by atoms with Gasteiger partial charge in [-0.15, -0.1) is 0 Å². The largest absolute Gasteiger partial charge is 0.399 e. The Morgan fingerprint density at radius 2 is 1.46 bits per heavy atom. The van der Waals surface area contributed by atoms with Crippen LogP contribution in [0.5, 0.6) is 0 Å². The number of carbonyl (C=O) groups excluding carboxylic acids is 4. The molecular formula is C35H47N5O8. The predicted octanol–water partition coefficient (Wildman–Crippen LogP) is 1.77. The van der Waals surface area contributed by atoms with Crippen LogP contribution in [0.1, 0.15) is 47.2 Å². The first-order valence-corrected chi connectivity index (χ1v) is 16.9. The molecule has 0 spiro atoms. The van der Waals surface area contributed by atoms with Crippen LogP contribution in [0.25, 0.3) is 0 Å². The summed E-state index contributed by atoms with van der Waals surface area (Å²) in [6, 6.07) is 12.9. The van der Waals surface area contributed by atoms with E-state index in [9.17, 15) is 19.2 Å². The molecule has 0 aromatic heterocycles. The van der Waals surface area contributed by atoms with Gasteiger partial charge in [0, 0.05) is 62.7 Å². The zero-order valence-corrected chi connectivity index (χ0v) is 27.5. The molecule has 13 heteroatoms. The molecular weight excluding hydrogens is 618 g/mol. The molecule has 3 N–H and O–H groups in total. The van der Waals surface area contributed by atoms with E-state index in [-0.39, 0.29) is 24.1 Å². The molecule has 2 saturated heterocycles. The Kier molecular flexibility index (Phi) is 13.2. The van der Waals surface area contributed by atoms with Gasteiger partial charge in [-0.05, 0) is 60.7 Å². The topological polar surface area (TPSA) is 153 Å². The normalized spacial score (nSPS) is 18.0. The van der Waals surface area contributed by atoms with Crippen LogP contribution in [0.4, 0.5) is 11.4 Å². The van der Waals surface area contributed by atoms with Gasteiger partial charge < -0.3 is 39.4 Å². The number of nitrogen functional groups attached to an aromatic ring is 1. The Morgan fingerprint density at radius 1 is 0.812 bits per heavy atom. The standard InChI is InChI=1S/C35H47N5O8/c36-27-6-8-28(9-7-27)38-13-15-39(16-14-38)33(42)12-18-46-20-22-48-24-23-47-21-19-45-17-2-4-26-3-1-5-29-30(26)25-40(35(29)44)31-10-11-32(41)37-34(31)43/h1,3,5-9,31H,2,4,10-25,36H2,(H,37,41,43). The number of carbonyl (C=O) groups is 4. The molecule has 13 nitrogen and oxygen atoms in total. The third-order valence-electron chi connectivity index (χ3n) is 8.88. The molecule has 3 aliphatic heterocycles. The SMILES string of the molecule is Nc1ccc(N2CCN(C(=O)CCOCCOCCOCCOCCCc3cccc4c3CN(C3CCC(=O)NC3=O)C4=O)CC2)cc1. The lowest BCUT2D eigenvalue weighted by atomic mass is 10.00. The lowest BCUT2D eigenvalue weighted by Gasteiger charge is -2.36. The summed E-state index contributed by atoms with van der Waals surface area (Å²) in [7, 11) is 0. The number of hydrogen-bond acceptors (Lipinski definition) is 10. The van der Waals surface area contributed by atoms with E-state index in [0.717, 1.165) is 48.4 Å². The maximum absolute atomic E-state index is 13.0. The first kappa shape index (κ1) is 35.3. The van der Waals surface area contributed by atoms with Crippen molar-refractivity contribution in [2.75, 3.05) is 89.7 Å². The fourth-order valence-electron chi connectivity index (χ4n) is 6.23. The van der Waals surface area contributed by atoms with Gasteiger partial charge in [0.1, 0.15) is 6.04 Å². The second-order valence-corrected chi connectivity index (χ2v) is 12.1. The third kappa shape index (κ3) is 9.75. The molecule has 260 valence electrons. The molecule has 2 aromatic rings. The van der Waals surface area contributed by atoms with E-state index < -0.39 is 11.9 Å². The average Bonchev–Trinajstić information content (AvgIpc) is 3.43. The van der Waals surface area contributed by atoms with Crippen LogP contribution in [0.3, 0.4) is 0 Å². The Bertz CT molecular complexity index is 1400. The zero-order valence-electron chi connectivity index (χ0n) is 27.5. The number of fused-ring (bicyclic) bond motifs is 1. The van der Waals surface area contributed by atoms with Crippen molar-refractivity contribution < 1.29 is 38.1 Å². The average molecular weight is 666 g/mol. The van der Waals surface area contributed by atoms with E-state index >= 15 is 0 Å². The minimum Gasteiger partial charge on any atom is -0.399 e. The summed E-state index contributed by atoms with van der Waals surface area (Å²) in [4.78, 5) is 55.1. The highest BCUT2D eigenvalue weighted by Gasteiger charge is 2.39. The summed E-state index contributed by atoms with van der Waals surface area (Å²) >= 11 is 0. The van der Waals surface area contributed by atoms with Gasteiger partial charge in [-0.25, -0.2) is 0 Å². The number of amides is 4. The van der Waals surface area contributed by atoms with E-state index in [4.69, 9.17) is 24.7 Å². The van der Waals surface area contributed by atoms with Crippen LogP contribution in [0.15, 0.2) is 42.5 Å². The number of aryl methyl sites for hydroxylation is 1. The van der Waals surface area contributed by atoms with Crippen molar-refractivity contribution in [2.24, 2.45) is 0 Å². The van der Waals surface area contributed by atoms with E-state index in [2.05, 4.69) is 10.2 Å². The number of ether oxygens (including phenoxy) is 4. The monoisotopic (exact) mass is 665 g/mol. The summed E-state index contributed by atoms with van der Waals surface area (Å²) in [5.41, 5.74) is 10.3. The molecule has 4 amide bonds. The lowest BCUT2D eigenvalue weighted by molar-refractivity contribution is -0.137. The molecule has 5 rings (SSSR count).